The zero-order valence-electron chi connectivity index (χ0n) is 11.4. The maximum Gasteiger partial charge on any atom is 0.228 e. The van der Waals surface area contributed by atoms with Gasteiger partial charge in [-0.25, -0.2) is 8.42 Å². The minimum atomic E-state index is -3.20. The molecule has 1 rings (SSSR count). The summed E-state index contributed by atoms with van der Waals surface area (Å²) < 4.78 is 22.6. The van der Waals surface area contributed by atoms with Crippen LogP contribution in [0.3, 0.4) is 0 Å². The van der Waals surface area contributed by atoms with Crippen LogP contribution >= 0.6 is 0 Å². The van der Waals surface area contributed by atoms with Gasteiger partial charge in [-0.3, -0.25) is 4.79 Å². The van der Waals surface area contributed by atoms with E-state index in [2.05, 4.69) is 10.6 Å². The largest absolute Gasteiger partial charge is 0.326 e. The van der Waals surface area contributed by atoms with Crippen molar-refractivity contribution in [2.75, 3.05) is 24.7 Å². The molecule has 0 aliphatic heterocycles. The first-order valence-corrected chi connectivity index (χ1v) is 8.05. The molecule has 106 valence electrons. The first-order valence-electron chi connectivity index (χ1n) is 6.16. The Balaban J connectivity index is 2.65. The standard InChI is InChI=1S/C13H20N2O3S/c1-4-14-9-10(2)13(16)15-11-5-7-12(8-6-11)19(3,17)18/h5-8,10,14H,4,9H2,1-3H3,(H,15,16). The minimum absolute atomic E-state index is 0.0898. The van der Waals surface area contributed by atoms with E-state index in [1.165, 1.54) is 12.1 Å². The first-order chi connectivity index (χ1) is 8.84. The van der Waals surface area contributed by atoms with Crippen molar-refractivity contribution in [2.24, 2.45) is 5.92 Å². The molecule has 0 radical (unpaired) electrons. The number of rotatable bonds is 6. The van der Waals surface area contributed by atoms with E-state index in [0.717, 1.165) is 12.8 Å². The van der Waals surface area contributed by atoms with Crippen LogP contribution in [-0.4, -0.2) is 33.7 Å². The van der Waals surface area contributed by atoms with Gasteiger partial charge in [-0.05, 0) is 30.8 Å². The summed E-state index contributed by atoms with van der Waals surface area (Å²) in [6, 6.07) is 6.16. The van der Waals surface area contributed by atoms with Crippen molar-refractivity contribution in [3.63, 3.8) is 0 Å². The van der Waals surface area contributed by atoms with Crippen molar-refractivity contribution in [1.82, 2.24) is 5.32 Å². The predicted molar refractivity (Wildman–Crippen MR) is 75.9 cm³/mol. The fourth-order valence-electron chi connectivity index (χ4n) is 1.50. The fourth-order valence-corrected chi connectivity index (χ4v) is 2.13. The molecule has 0 aromatic heterocycles. The molecule has 5 nitrogen and oxygen atoms in total. The van der Waals surface area contributed by atoms with Gasteiger partial charge < -0.3 is 10.6 Å². The summed E-state index contributed by atoms with van der Waals surface area (Å²) in [6.07, 6.45) is 1.15. The van der Waals surface area contributed by atoms with Crippen molar-refractivity contribution < 1.29 is 13.2 Å². The van der Waals surface area contributed by atoms with Crippen LogP contribution < -0.4 is 10.6 Å². The Hall–Kier alpha value is -1.40. The molecule has 1 aromatic rings. The lowest BCUT2D eigenvalue weighted by Crippen LogP contribution is -2.30. The molecular formula is C13H20N2O3S. The molecule has 0 bridgehead atoms. The summed E-state index contributed by atoms with van der Waals surface area (Å²) in [4.78, 5) is 12.1. The lowest BCUT2D eigenvalue weighted by Gasteiger charge is -2.12. The van der Waals surface area contributed by atoms with Gasteiger partial charge in [-0.15, -0.1) is 0 Å². The molecular weight excluding hydrogens is 264 g/mol. The Kier molecular flexibility index (Phi) is 5.50. The molecule has 1 atom stereocenters. The summed E-state index contributed by atoms with van der Waals surface area (Å²) in [5, 5.41) is 5.86. The number of sulfone groups is 1. The molecule has 1 aromatic carbocycles. The van der Waals surface area contributed by atoms with Crippen LogP contribution in [0, 0.1) is 5.92 Å². The lowest BCUT2D eigenvalue weighted by atomic mass is 10.1. The SMILES string of the molecule is CCNCC(C)C(=O)Nc1ccc(S(C)(=O)=O)cc1. The van der Waals surface area contributed by atoms with Gasteiger partial charge in [-0.1, -0.05) is 13.8 Å². The van der Waals surface area contributed by atoms with Crippen LogP contribution in [0.5, 0.6) is 0 Å². The van der Waals surface area contributed by atoms with Crippen LogP contribution in [0.15, 0.2) is 29.2 Å². The summed E-state index contributed by atoms with van der Waals surface area (Å²) in [5.41, 5.74) is 0.598. The Bertz CT molecular complexity index is 523. The maximum atomic E-state index is 11.8. The van der Waals surface area contributed by atoms with Crippen LogP contribution in [0.4, 0.5) is 5.69 Å². The van der Waals surface area contributed by atoms with E-state index in [1.807, 2.05) is 13.8 Å². The molecule has 0 saturated heterocycles. The topological polar surface area (TPSA) is 75.3 Å². The molecule has 19 heavy (non-hydrogen) atoms. The Morgan fingerprint density at radius 1 is 1.26 bits per heavy atom. The van der Waals surface area contributed by atoms with Gasteiger partial charge >= 0.3 is 0 Å². The van der Waals surface area contributed by atoms with Crippen molar-refractivity contribution in [1.29, 1.82) is 0 Å². The molecule has 1 amide bonds. The monoisotopic (exact) mass is 284 g/mol. The zero-order valence-corrected chi connectivity index (χ0v) is 12.3. The number of nitrogens with one attached hydrogen (secondary N) is 2. The number of carbonyl (C=O) groups excluding carboxylic acids is 1. The predicted octanol–water partition coefficient (Wildman–Crippen LogP) is 1.27. The third-order valence-electron chi connectivity index (χ3n) is 2.70. The molecule has 1 unspecified atom stereocenters. The van der Waals surface area contributed by atoms with E-state index in [9.17, 15) is 13.2 Å². The summed E-state index contributed by atoms with van der Waals surface area (Å²) in [7, 11) is -3.20. The number of hydrogen-bond acceptors (Lipinski definition) is 4. The highest BCUT2D eigenvalue weighted by molar-refractivity contribution is 7.90. The van der Waals surface area contributed by atoms with Gasteiger partial charge in [0.25, 0.3) is 0 Å². The van der Waals surface area contributed by atoms with Crippen molar-refractivity contribution >= 4 is 21.4 Å². The van der Waals surface area contributed by atoms with E-state index >= 15 is 0 Å². The highest BCUT2D eigenvalue weighted by atomic mass is 32.2. The van der Waals surface area contributed by atoms with Crippen LogP contribution in [-0.2, 0) is 14.6 Å². The van der Waals surface area contributed by atoms with E-state index in [-0.39, 0.29) is 16.7 Å². The maximum absolute atomic E-state index is 11.8. The third kappa shape index (κ3) is 5.00. The summed E-state index contributed by atoms with van der Waals surface area (Å²) in [6.45, 7) is 5.25. The molecule has 0 spiro atoms. The van der Waals surface area contributed by atoms with E-state index < -0.39 is 9.84 Å². The molecule has 0 heterocycles. The van der Waals surface area contributed by atoms with Crippen molar-refractivity contribution in [3.8, 4) is 0 Å². The number of hydrogen-bond donors (Lipinski definition) is 2. The van der Waals surface area contributed by atoms with Gasteiger partial charge in [0, 0.05) is 24.4 Å². The van der Waals surface area contributed by atoms with E-state index in [4.69, 9.17) is 0 Å². The second-order valence-corrected chi connectivity index (χ2v) is 6.51. The van der Waals surface area contributed by atoms with Crippen LogP contribution in [0.1, 0.15) is 13.8 Å². The molecule has 0 saturated carbocycles. The third-order valence-corrected chi connectivity index (χ3v) is 3.83. The van der Waals surface area contributed by atoms with Gasteiger partial charge in [-0.2, -0.15) is 0 Å². The summed E-state index contributed by atoms with van der Waals surface area (Å²) in [5.74, 6) is -0.234. The second kappa shape index (κ2) is 6.68. The normalized spacial score (nSPS) is 13.0. The van der Waals surface area contributed by atoms with Gasteiger partial charge in [0.2, 0.25) is 5.91 Å². The smallest absolute Gasteiger partial charge is 0.228 e. The number of benzene rings is 1. The Morgan fingerprint density at radius 3 is 2.32 bits per heavy atom. The molecule has 0 aliphatic rings. The average Bonchev–Trinajstić information content (AvgIpc) is 2.35. The molecule has 2 N–H and O–H groups in total. The fraction of sp³-hybridized carbons (Fsp3) is 0.462. The summed E-state index contributed by atoms with van der Waals surface area (Å²) >= 11 is 0. The van der Waals surface area contributed by atoms with E-state index in [0.29, 0.717) is 12.2 Å². The minimum Gasteiger partial charge on any atom is -0.326 e. The molecule has 0 fully saturated rings. The average molecular weight is 284 g/mol. The highest BCUT2D eigenvalue weighted by Crippen LogP contribution is 2.14. The Labute approximate surface area is 114 Å². The van der Waals surface area contributed by atoms with Crippen molar-refractivity contribution in [3.05, 3.63) is 24.3 Å². The van der Waals surface area contributed by atoms with E-state index in [1.54, 1.807) is 12.1 Å². The Morgan fingerprint density at radius 2 is 1.84 bits per heavy atom. The highest BCUT2D eigenvalue weighted by Gasteiger charge is 2.13. The quantitative estimate of drug-likeness (QED) is 0.825. The van der Waals surface area contributed by atoms with Crippen LogP contribution in [0.25, 0.3) is 0 Å². The van der Waals surface area contributed by atoms with Gasteiger partial charge in [0.15, 0.2) is 9.84 Å². The molecule has 6 heteroatoms. The number of anilines is 1. The van der Waals surface area contributed by atoms with Crippen LogP contribution in [0.2, 0.25) is 0 Å². The van der Waals surface area contributed by atoms with Gasteiger partial charge in [0.1, 0.15) is 0 Å². The van der Waals surface area contributed by atoms with Gasteiger partial charge in [0.05, 0.1) is 4.90 Å². The number of carbonyl (C=O) groups is 1. The number of amides is 1. The molecule has 0 aliphatic carbocycles. The van der Waals surface area contributed by atoms with Crippen molar-refractivity contribution in [2.45, 2.75) is 18.7 Å². The lowest BCUT2D eigenvalue weighted by molar-refractivity contribution is -0.119. The zero-order chi connectivity index (χ0) is 14.5. The second-order valence-electron chi connectivity index (χ2n) is 4.49. The first kappa shape index (κ1) is 15.7.